The van der Waals surface area contributed by atoms with Gasteiger partial charge in [0.2, 0.25) is 0 Å². The molecule has 4 aromatic rings. The van der Waals surface area contributed by atoms with Gasteiger partial charge in [0, 0.05) is 43.7 Å². The molecule has 0 atom stereocenters. The first-order valence-electron chi connectivity index (χ1n) is 9.95. The van der Waals surface area contributed by atoms with Crippen molar-refractivity contribution in [3.05, 3.63) is 84.4 Å². The zero-order valence-electron chi connectivity index (χ0n) is 15.9. The highest BCUT2D eigenvalue weighted by molar-refractivity contribution is 5.96. The first kappa shape index (κ1) is 17.2. The summed E-state index contributed by atoms with van der Waals surface area (Å²) < 4.78 is 2.08. The van der Waals surface area contributed by atoms with Gasteiger partial charge in [-0.05, 0) is 23.8 Å². The molecule has 1 aromatic heterocycles. The van der Waals surface area contributed by atoms with E-state index in [2.05, 4.69) is 87.7 Å². The number of fused-ring (bicyclic) bond motifs is 1. The average Bonchev–Trinajstić information content (AvgIpc) is 3.17. The van der Waals surface area contributed by atoms with Gasteiger partial charge in [0.25, 0.3) is 0 Å². The summed E-state index contributed by atoms with van der Waals surface area (Å²) >= 11 is 0. The summed E-state index contributed by atoms with van der Waals surface area (Å²) in [6, 6.07) is 27.5. The van der Waals surface area contributed by atoms with E-state index in [1.54, 1.807) is 0 Å². The first-order chi connectivity index (χ1) is 13.9. The van der Waals surface area contributed by atoms with Crippen molar-refractivity contribution in [2.45, 2.75) is 6.54 Å². The van der Waals surface area contributed by atoms with Crippen LogP contribution in [0.5, 0.6) is 0 Å². The highest BCUT2D eigenvalue weighted by Crippen LogP contribution is 2.33. The second-order valence-electron chi connectivity index (χ2n) is 7.30. The molecule has 140 valence electrons. The average molecular weight is 368 g/mol. The number of nitrogens with one attached hydrogen (secondary N) is 1. The number of hydrogen-bond donors (Lipinski definition) is 1. The molecule has 0 radical (unpaired) electrons. The molecule has 28 heavy (non-hydrogen) atoms. The van der Waals surface area contributed by atoms with Gasteiger partial charge in [-0.2, -0.15) is 5.10 Å². The number of piperazine rings is 1. The van der Waals surface area contributed by atoms with Crippen LogP contribution in [0, 0.1) is 0 Å². The number of nitrogens with zero attached hydrogens (tertiary/aromatic N) is 3. The van der Waals surface area contributed by atoms with Crippen molar-refractivity contribution in [3.63, 3.8) is 0 Å². The summed E-state index contributed by atoms with van der Waals surface area (Å²) in [7, 11) is 0. The molecule has 3 aromatic carbocycles. The molecule has 1 aliphatic rings. The molecule has 0 bridgehead atoms. The molecule has 0 spiro atoms. The van der Waals surface area contributed by atoms with Crippen LogP contribution in [0.25, 0.3) is 27.8 Å². The van der Waals surface area contributed by atoms with Crippen LogP contribution in [0.3, 0.4) is 0 Å². The highest BCUT2D eigenvalue weighted by Gasteiger charge is 2.19. The Morgan fingerprint density at radius 1 is 0.786 bits per heavy atom. The largest absolute Gasteiger partial charge is 0.314 e. The van der Waals surface area contributed by atoms with E-state index in [1.165, 1.54) is 10.9 Å². The van der Waals surface area contributed by atoms with Gasteiger partial charge in [-0.3, -0.25) is 4.90 Å². The zero-order chi connectivity index (χ0) is 18.8. The van der Waals surface area contributed by atoms with Gasteiger partial charge in [0.05, 0.1) is 11.2 Å². The molecule has 1 fully saturated rings. The minimum atomic E-state index is 0.958. The smallest absolute Gasteiger partial charge is 0.101 e. The number of para-hydroxylation sites is 1. The summed E-state index contributed by atoms with van der Waals surface area (Å²) in [5.74, 6) is 0. The normalized spacial score (nSPS) is 15.1. The lowest BCUT2D eigenvalue weighted by molar-refractivity contribution is 0.234. The Kier molecular flexibility index (Phi) is 4.65. The van der Waals surface area contributed by atoms with E-state index in [-0.39, 0.29) is 0 Å². The van der Waals surface area contributed by atoms with Crippen LogP contribution in [0.15, 0.2) is 78.9 Å². The Morgan fingerprint density at radius 2 is 1.50 bits per heavy atom. The van der Waals surface area contributed by atoms with Crippen molar-refractivity contribution in [1.82, 2.24) is 20.0 Å². The van der Waals surface area contributed by atoms with E-state index >= 15 is 0 Å². The minimum absolute atomic E-state index is 0.958. The van der Waals surface area contributed by atoms with Crippen molar-refractivity contribution < 1.29 is 0 Å². The quantitative estimate of drug-likeness (QED) is 0.589. The highest BCUT2D eigenvalue weighted by atomic mass is 15.3. The van der Waals surface area contributed by atoms with Gasteiger partial charge in [-0.25, -0.2) is 4.68 Å². The maximum Gasteiger partial charge on any atom is 0.101 e. The number of rotatable bonds is 4. The molecule has 2 heterocycles. The fraction of sp³-hybridized carbons (Fsp3) is 0.208. The SMILES string of the molecule is c1ccc(-c2nn(-c3ccccc3)c3cccc(CN4CCNCC4)c23)cc1. The second-order valence-corrected chi connectivity index (χ2v) is 7.30. The fourth-order valence-electron chi connectivity index (χ4n) is 4.05. The Balaban J connectivity index is 1.69. The molecule has 1 saturated heterocycles. The van der Waals surface area contributed by atoms with Crippen LogP contribution >= 0.6 is 0 Å². The minimum Gasteiger partial charge on any atom is -0.314 e. The Labute approximate surface area is 165 Å². The first-order valence-corrected chi connectivity index (χ1v) is 9.95. The predicted octanol–water partition coefficient (Wildman–Crippen LogP) is 4.10. The van der Waals surface area contributed by atoms with E-state index < -0.39 is 0 Å². The summed E-state index contributed by atoms with van der Waals surface area (Å²) in [6.45, 7) is 5.25. The van der Waals surface area contributed by atoms with Crippen LogP contribution in [0.2, 0.25) is 0 Å². The van der Waals surface area contributed by atoms with Crippen molar-refractivity contribution in [3.8, 4) is 16.9 Å². The lowest BCUT2D eigenvalue weighted by Gasteiger charge is -2.27. The standard InChI is InChI=1S/C24H24N4/c1-3-8-19(9-4-1)24-23-20(18-27-16-14-25-15-17-27)10-7-13-22(23)28(26-24)21-11-5-2-6-12-21/h1-13,25H,14-18H2. The van der Waals surface area contributed by atoms with E-state index in [9.17, 15) is 0 Å². The van der Waals surface area contributed by atoms with Crippen molar-refractivity contribution >= 4 is 10.9 Å². The van der Waals surface area contributed by atoms with Crippen LogP contribution in [-0.4, -0.2) is 40.9 Å². The maximum atomic E-state index is 5.07. The summed E-state index contributed by atoms with van der Waals surface area (Å²) in [5, 5.41) is 9.77. The molecule has 0 saturated carbocycles. The molecule has 4 nitrogen and oxygen atoms in total. The van der Waals surface area contributed by atoms with Crippen molar-refractivity contribution in [2.24, 2.45) is 0 Å². The molecular formula is C24H24N4. The van der Waals surface area contributed by atoms with E-state index in [4.69, 9.17) is 5.10 Å². The summed E-state index contributed by atoms with van der Waals surface area (Å²) in [5.41, 5.74) is 5.83. The van der Waals surface area contributed by atoms with E-state index in [0.717, 1.165) is 55.2 Å². The van der Waals surface area contributed by atoms with Gasteiger partial charge in [-0.15, -0.1) is 0 Å². The third-order valence-corrected chi connectivity index (χ3v) is 5.45. The summed E-state index contributed by atoms with van der Waals surface area (Å²) in [4.78, 5) is 2.53. The van der Waals surface area contributed by atoms with Gasteiger partial charge in [-0.1, -0.05) is 60.7 Å². The number of benzene rings is 3. The molecular weight excluding hydrogens is 344 g/mol. The van der Waals surface area contributed by atoms with Crippen molar-refractivity contribution in [1.29, 1.82) is 0 Å². The molecule has 0 unspecified atom stereocenters. The van der Waals surface area contributed by atoms with Crippen LogP contribution in [-0.2, 0) is 6.54 Å². The van der Waals surface area contributed by atoms with Gasteiger partial charge >= 0.3 is 0 Å². The molecule has 1 N–H and O–H groups in total. The second kappa shape index (κ2) is 7.58. The van der Waals surface area contributed by atoms with E-state index in [0.29, 0.717) is 0 Å². The number of aromatic nitrogens is 2. The maximum absolute atomic E-state index is 5.07. The monoisotopic (exact) mass is 368 g/mol. The molecule has 1 aliphatic heterocycles. The van der Waals surface area contributed by atoms with Crippen molar-refractivity contribution in [2.75, 3.05) is 26.2 Å². The Morgan fingerprint density at radius 3 is 2.25 bits per heavy atom. The molecule has 0 amide bonds. The van der Waals surface area contributed by atoms with Crippen LogP contribution in [0.1, 0.15) is 5.56 Å². The van der Waals surface area contributed by atoms with Gasteiger partial charge in [0.15, 0.2) is 0 Å². The Hall–Kier alpha value is -2.95. The number of hydrogen-bond acceptors (Lipinski definition) is 3. The third kappa shape index (κ3) is 3.21. The summed E-state index contributed by atoms with van der Waals surface area (Å²) in [6.07, 6.45) is 0. The predicted molar refractivity (Wildman–Crippen MR) is 115 cm³/mol. The van der Waals surface area contributed by atoms with Crippen LogP contribution < -0.4 is 5.32 Å². The lowest BCUT2D eigenvalue weighted by Crippen LogP contribution is -2.42. The lowest BCUT2D eigenvalue weighted by atomic mass is 10.0. The molecule has 5 rings (SSSR count). The van der Waals surface area contributed by atoms with Crippen LogP contribution in [0.4, 0.5) is 0 Å². The van der Waals surface area contributed by atoms with Gasteiger partial charge in [0.1, 0.15) is 5.69 Å². The topological polar surface area (TPSA) is 33.1 Å². The van der Waals surface area contributed by atoms with E-state index in [1.807, 2.05) is 6.07 Å². The third-order valence-electron chi connectivity index (χ3n) is 5.45. The fourth-order valence-corrected chi connectivity index (χ4v) is 4.05. The van der Waals surface area contributed by atoms with Gasteiger partial charge < -0.3 is 5.32 Å². The molecule has 0 aliphatic carbocycles. The zero-order valence-corrected chi connectivity index (χ0v) is 15.9. The molecule has 4 heteroatoms. The Bertz CT molecular complexity index is 1060.